The van der Waals surface area contributed by atoms with Gasteiger partial charge in [-0.05, 0) is 60.7 Å². The number of carbonyl (C=O) groups is 1. The Morgan fingerprint density at radius 1 is 1.22 bits per heavy atom. The molecule has 4 N–H and O–H groups in total. The maximum absolute atomic E-state index is 14.6. The van der Waals surface area contributed by atoms with Gasteiger partial charge in [-0.2, -0.15) is 0 Å². The monoisotopic (exact) mass is 365 g/mol. The van der Waals surface area contributed by atoms with Crippen LogP contribution in [0, 0.1) is 12.7 Å². The maximum Gasteiger partial charge on any atom is 0.133 e. The Balaban J connectivity index is 1.78. The maximum atomic E-state index is 14.6. The highest BCUT2D eigenvalue weighted by Gasteiger charge is 2.22. The molecular weight excluding hydrogens is 341 g/mol. The molecule has 0 unspecified atom stereocenters. The lowest BCUT2D eigenvalue weighted by atomic mass is 9.91. The lowest BCUT2D eigenvalue weighted by molar-refractivity contribution is -0.120. The predicted molar refractivity (Wildman–Crippen MR) is 106 cm³/mol. The van der Waals surface area contributed by atoms with Crippen LogP contribution in [0.4, 0.5) is 10.1 Å². The lowest BCUT2D eigenvalue weighted by Gasteiger charge is -2.27. The second-order valence-corrected chi connectivity index (χ2v) is 7.44. The van der Waals surface area contributed by atoms with E-state index in [1.807, 2.05) is 31.2 Å². The molecule has 0 saturated heterocycles. The predicted octanol–water partition coefficient (Wildman–Crippen LogP) is 4.09. The standard InChI is InChI=1S/C22H24FN3O/c1-13-3-2-4-19(23)22(13)14-9-15-12-25-21(24)11-18(15)20(10-14)26-16-5-7-17(27)8-6-16/h2-4,9-11,16,25-26H,5-8,12,24H2,1H3. The number of fused-ring (bicyclic) bond motifs is 1. The molecule has 0 radical (unpaired) electrons. The molecule has 0 bridgehead atoms. The van der Waals surface area contributed by atoms with Crippen molar-refractivity contribution in [3.8, 4) is 11.1 Å². The van der Waals surface area contributed by atoms with E-state index in [2.05, 4.69) is 10.6 Å². The molecule has 4 nitrogen and oxygen atoms in total. The van der Waals surface area contributed by atoms with Gasteiger partial charge in [0.2, 0.25) is 0 Å². The summed E-state index contributed by atoms with van der Waals surface area (Å²) in [5.41, 5.74) is 11.5. The number of anilines is 1. The van der Waals surface area contributed by atoms with E-state index >= 15 is 0 Å². The van der Waals surface area contributed by atoms with Crippen LogP contribution in [0.3, 0.4) is 0 Å². The minimum absolute atomic E-state index is 0.219. The molecule has 0 atom stereocenters. The molecular formula is C22H24FN3O. The van der Waals surface area contributed by atoms with Crippen LogP contribution in [0.2, 0.25) is 0 Å². The van der Waals surface area contributed by atoms with Crippen molar-refractivity contribution in [1.29, 1.82) is 0 Å². The van der Waals surface area contributed by atoms with Gasteiger partial charge < -0.3 is 16.4 Å². The van der Waals surface area contributed by atoms with Crippen LogP contribution in [0.25, 0.3) is 17.2 Å². The Morgan fingerprint density at radius 2 is 2.00 bits per heavy atom. The topological polar surface area (TPSA) is 67.2 Å². The normalized spacial score (nSPS) is 17.1. The highest BCUT2D eigenvalue weighted by Crippen LogP contribution is 2.35. The zero-order chi connectivity index (χ0) is 19.0. The van der Waals surface area contributed by atoms with Crippen LogP contribution in [0.1, 0.15) is 42.4 Å². The Kier molecular flexibility index (Phi) is 4.60. The number of hydrogen-bond acceptors (Lipinski definition) is 4. The first-order chi connectivity index (χ1) is 13.0. The molecule has 5 heteroatoms. The number of hydrogen-bond donors (Lipinski definition) is 3. The second kappa shape index (κ2) is 7.06. The Labute approximate surface area is 158 Å². The van der Waals surface area contributed by atoms with Gasteiger partial charge in [0, 0.05) is 42.2 Å². The third kappa shape index (κ3) is 3.54. The van der Waals surface area contributed by atoms with E-state index in [1.54, 1.807) is 6.07 Å². The molecule has 2 aliphatic rings. The van der Waals surface area contributed by atoms with E-state index in [1.165, 1.54) is 6.07 Å². The fraction of sp³-hybridized carbons (Fsp3) is 0.318. The van der Waals surface area contributed by atoms with E-state index in [4.69, 9.17) is 5.73 Å². The Bertz CT molecular complexity index is 905. The molecule has 0 aromatic heterocycles. The van der Waals surface area contributed by atoms with Crippen molar-refractivity contribution in [2.24, 2.45) is 5.73 Å². The van der Waals surface area contributed by atoms with Gasteiger partial charge in [0.25, 0.3) is 0 Å². The van der Waals surface area contributed by atoms with Crippen LogP contribution in [-0.2, 0) is 11.3 Å². The molecule has 1 saturated carbocycles. The van der Waals surface area contributed by atoms with E-state index in [-0.39, 0.29) is 11.9 Å². The van der Waals surface area contributed by atoms with E-state index in [9.17, 15) is 9.18 Å². The van der Waals surface area contributed by atoms with Crippen LogP contribution in [-0.4, -0.2) is 11.8 Å². The summed E-state index contributed by atoms with van der Waals surface area (Å²) in [6, 6.07) is 9.44. The number of aryl methyl sites for hydroxylation is 1. The van der Waals surface area contributed by atoms with Crippen molar-refractivity contribution in [1.82, 2.24) is 5.32 Å². The molecule has 1 aliphatic heterocycles. The molecule has 0 amide bonds. The average Bonchev–Trinajstić information content (AvgIpc) is 2.64. The van der Waals surface area contributed by atoms with E-state index < -0.39 is 0 Å². The molecule has 4 rings (SSSR count). The summed E-state index contributed by atoms with van der Waals surface area (Å²) in [5.74, 6) is 0.737. The van der Waals surface area contributed by atoms with Gasteiger partial charge in [0.05, 0.1) is 5.82 Å². The number of ketones is 1. The number of benzene rings is 2. The summed E-state index contributed by atoms with van der Waals surface area (Å²) in [7, 11) is 0. The first kappa shape index (κ1) is 17.6. The number of nitrogens with one attached hydrogen (secondary N) is 2. The van der Waals surface area contributed by atoms with Gasteiger partial charge in [-0.3, -0.25) is 4.79 Å². The summed E-state index contributed by atoms with van der Waals surface area (Å²) >= 11 is 0. The summed E-state index contributed by atoms with van der Waals surface area (Å²) in [5, 5.41) is 6.75. The van der Waals surface area contributed by atoms with Crippen LogP contribution < -0.4 is 16.4 Å². The fourth-order valence-electron chi connectivity index (χ4n) is 4.00. The summed E-state index contributed by atoms with van der Waals surface area (Å²) in [4.78, 5) is 11.5. The summed E-state index contributed by atoms with van der Waals surface area (Å²) in [6.45, 7) is 2.53. The van der Waals surface area contributed by atoms with Crippen molar-refractivity contribution in [3.63, 3.8) is 0 Å². The first-order valence-electron chi connectivity index (χ1n) is 9.43. The number of rotatable bonds is 3. The van der Waals surface area contributed by atoms with Gasteiger partial charge in [0.15, 0.2) is 0 Å². The highest BCUT2D eigenvalue weighted by atomic mass is 19.1. The minimum atomic E-state index is -0.219. The molecule has 2 aromatic carbocycles. The molecule has 1 aliphatic carbocycles. The van der Waals surface area contributed by atoms with Crippen molar-refractivity contribution in [2.45, 2.75) is 45.2 Å². The third-order valence-corrected chi connectivity index (χ3v) is 5.46. The summed E-state index contributed by atoms with van der Waals surface area (Å²) < 4.78 is 14.6. The SMILES string of the molecule is Cc1cccc(F)c1-c1cc2c(c(NC3CCC(=O)CC3)c1)C=C(N)NC2. The number of halogens is 1. The van der Waals surface area contributed by atoms with Gasteiger partial charge in [-0.15, -0.1) is 0 Å². The molecule has 0 spiro atoms. The van der Waals surface area contributed by atoms with E-state index in [0.717, 1.165) is 40.8 Å². The number of carbonyl (C=O) groups excluding carboxylic acids is 1. The number of nitrogens with two attached hydrogens (primary N) is 1. The van der Waals surface area contributed by atoms with E-state index in [0.29, 0.717) is 36.6 Å². The Morgan fingerprint density at radius 3 is 2.74 bits per heavy atom. The molecule has 140 valence electrons. The van der Waals surface area contributed by atoms with Crippen molar-refractivity contribution in [2.75, 3.05) is 5.32 Å². The third-order valence-electron chi connectivity index (χ3n) is 5.46. The van der Waals surface area contributed by atoms with Gasteiger partial charge in [-0.25, -0.2) is 4.39 Å². The van der Waals surface area contributed by atoms with Crippen molar-refractivity contribution >= 4 is 17.5 Å². The smallest absolute Gasteiger partial charge is 0.133 e. The van der Waals surface area contributed by atoms with Crippen molar-refractivity contribution < 1.29 is 9.18 Å². The fourth-order valence-corrected chi connectivity index (χ4v) is 4.00. The summed E-state index contributed by atoms with van der Waals surface area (Å²) in [6.07, 6.45) is 4.81. The minimum Gasteiger partial charge on any atom is -0.386 e. The average molecular weight is 365 g/mol. The second-order valence-electron chi connectivity index (χ2n) is 7.44. The molecule has 1 fully saturated rings. The van der Waals surface area contributed by atoms with Gasteiger partial charge >= 0.3 is 0 Å². The van der Waals surface area contributed by atoms with Crippen LogP contribution in [0.5, 0.6) is 0 Å². The number of Topliss-reactive ketones (excluding diaryl/α,β-unsaturated/α-hetero) is 1. The molecule has 2 aromatic rings. The highest BCUT2D eigenvalue weighted by molar-refractivity contribution is 5.82. The quantitative estimate of drug-likeness (QED) is 0.767. The molecule has 1 heterocycles. The Hall–Kier alpha value is -2.82. The molecule has 27 heavy (non-hydrogen) atoms. The van der Waals surface area contributed by atoms with Crippen LogP contribution in [0.15, 0.2) is 36.2 Å². The first-order valence-corrected chi connectivity index (χ1v) is 9.43. The van der Waals surface area contributed by atoms with Crippen molar-refractivity contribution in [3.05, 3.63) is 58.7 Å². The zero-order valence-electron chi connectivity index (χ0n) is 15.4. The van der Waals surface area contributed by atoms with Crippen LogP contribution >= 0.6 is 0 Å². The van der Waals surface area contributed by atoms with Gasteiger partial charge in [0.1, 0.15) is 11.6 Å². The zero-order valence-corrected chi connectivity index (χ0v) is 15.4. The largest absolute Gasteiger partial charge is 0.386 e. The van der Waals surface area contributed by atoms with Gasteiger partial charge in [-0.1, -0.05) is 12.1 Å². The lowest BCUT2D eigenvalue weighted by Crippen LogP contribution is -2.28.